The fourth-order valence-electron chi connectivity index (χ4n) is 2.65. The van der Waals surface area contributed by atoms with Crippen LogP contribution in [-0.4, -0.2) is 61.9 Å². The average molecular weight is 335 g/mol. The Morgan fingerprint density at radius 2 is 2.25 bits per heavy atom. The van der Waals surface area contributed by atoms with Crippen LogP contribution in [0.25, 0.3) is 0 Å². The Morgan fingerprint density at radius 1 is 1.46 bits per heavy atom. The number of carbonyl (C=O) groups is 1. The highest BCUT2D eigenvalue weighted by molar-refractivity contribution is 5.92. The standard InChI is InChI=1S/C17H25N3O4/c1-4-18-17(20-8-7-13(21)11-20)19-10-12-5-6-15(23-2)14(9-12)16(22)24-3/h5-6,9,13,21H,4,7-8,10-11H2,1-3H3,(H,18,19)/t13-/m1/s1. The van der Waals surface area contributed by atoms with E-state index in [4.69, 9.17) is 9.47 Å². The van der Waals surface area contributed by atoms with Gasteiger partial charge < -0.3 is 24.8 Å². The van der Waals surface area contributed by atoms with Gasteiger partial charge in [-0.05, 0) is 31.0 Å². The summed E-state index contributed by atoms with van der Waals surface area (Å²) in [6.45, 7) is 4.54. The maximum atomic E-state index is 11.8. The molecule has 0 spiro atoms. The maximum absolute atomic E-state index is 11.8. The zero-order chi connectivity index (χ0) is 17.5. The smallest absolute Gasteiger partial charge is 0.341 e. The predicted molar refractivity (Wildman–Crippen MR) is 91.3 cm³/mol. The summed E-state index contributed by atoms with van der Waals surface area (Å²) < 4.78 is 9.98. The first-order valence-electron chi connectivity index (χ1n) is 8.05. The van der Waals surface area contributed by atoms with E-state index in [0.29, 0.717) is 24.4 Å². The minimum Gasteiger partial charge on any atom is -0.496 e. The molecular weight excluding hydrogens is 310 g/mol. The van der Waals surface area contributed by atoms with E-state index < -0.39 is 5.97 Å². The minimum absolute atomic E-state index is 0.305. The summed E-state index contributed by atoms with van der Waals surface area (Å²) in [5, 5.41) is 12.9. The van der Waals surface area contributed by atoms with E-state index in [1.807, 2.05) is 17.9 Å². The normalized spacial score (nSPS) is 17.8. The van der Waals surface area contributed by atoms with E-state index in [1.54, 1.807) is 12.1 Å². The molecule has 7 heteroatoms. The molecule has 0 aliphatic carbocycles. The molecule has 132 valence electrons. The number of nitrogens with zero attached hydrogens (tertiary/aromatic N) is 2. The van der Waals surface area contributed by atoms with E-state index in [2.05, 4.69) is 10.3 Å². The molecule has 1 fully saturated rings. The summed E-state index contributed by atoms with van der Waals surface area (Å²) in [7, 11) is 2.86. The third-order valence-electron chi connectivity index (χ3n) is 3.88. The molecule has 0 unspecified atom stereocenters. The van der Waals surface area contributed by atoms with Crippen LogP contribution < -0.4 is 10.1 Å². The zero-order valence-electron chi connectivity index (χ0n) is 14.4. The molecule has 2 N–H and O–H groups in total. The molecule has 1 aromatic carbocycles. The van der Waals surface area contributed by atoms with Crippen molar-refractivity contribution in [1.29, 1.82) is 0 Å². The third-order valence-corrected chi connectivity index (χ3v) is 3.88. The molecule has 0 aromatic heterocycles. The minimum atomic E-state index is -0.438. The second-order valence-electron chi connectivity index (χ2n) is 5.58. The number of rotatable bonds is 5. The summed E-state index contributed by atoms with van der Waals surface area (Å²) in [5.41, 5.74) is 1.26. The van der Waals surface area contributed by atoms with Crippen LogP contribution in [0, 0.1) is 0 Å². The second kappa shape index (κ2) is 8.54. The van der Waals surface area contributed by atoms with Gasteiger partial charge in [-0.2, -0.15) is 0 Å². The summed E-state index contributed by atoms with van der Waals surface area (Å²) in [6.07, 6.45) is 0.445. The van der Waals surface area contributed by atoms with E-state index in [0.717, 1.165) is 31.0 Å². The highest BCUT2D eigenvalue weighted by atomic mass is 16.5. The van der Waals surface area contributed by atoms with Gasteiger partial charge in [0.25, 0.3) is 0 Å². The Kier molecular flexibility index (Phi) is 6.43. The van der Waals surface area contributed by atoms with Crippen molar-refractivity contribution >= 4 is 11.9 Å². The van der Waals surface area contributed by atoms with Gasteiger partial charge in [0, 0.05) is 19.6 Å². The molecule has 1 aliphatic rings. The fraction of sp³-hybridized carbons (Fsp3) is 0.529. The lowest BCUT2D eigenvalue weighted by atomic mass is 10.1. The van der Waals surface area contributed by atoms with E-state index in [-0.39, 0.29) is 6.10 Å². The van der Waals surface area contributed by atoms with Crippen molar-refractivity contribution in [2.75, 3.05) is 33.9 Å². The number of β-amino-alcohol motifs (C(OH)–C–C–N with tert-alkyl or cyclic N) is 1. The zero-order valence-corrected chi connectivity index (χ0v) is 14.4. The van der Waals surface area contributed by atoms with E-state index in [1.165, 1.54) is 14.2 Å². The molecule has 0 radical (unpaired) electrons. The first kappa shape index (κ1) is 18.1. The van der Waals surface area contributed by atoms with Crippen LogP contribution in [-0.2, 0) is 11.3 Å². The van der Waals surface area contributed by atoms with Crippen LogP contribution >= 0.6 is 0 Å². The van der Waals surface area contributed by atoms with Gasteiger partial charge in [0.1, 0.15) is 11.3 Å². The number of hydrogen-bond acceptors (Lipinski definition) is 5. The number of hydrogen-bond donors (Lipinski definition) is 2. The molecule has 0 amide bonds. The lowest BCUT2D eigenvalue weighted by molar-refractivity contribution is 0.0597. The number of aliphatic imine (C=N–C) groups is 1. The molecule has 1 aromatic rings. The monoisotopic (exact) mass is 335 g/mol. The molecule has 7 nitrogen and oxygen atoms in total. The SMILES string of the molecule is CCNC(=NCc1ccc(OC)c(C(=O)OC)c1)N1CC[C@@H](O)C1. The van der Waals surface area contributed by atoms with Gasteiger partial charge in [-0.3, -0.25) is 0 Å². The summed E-state index contributed by atoms with van der Waals surface area (Å²) in [5.74, 6) is 0.806. The highest BCUT2D eigenvalue weighted by Gasteiger charge is 2.22. The number of carbonyl (C=O) groups excluding carboxylic acids is 1. The van der Waals surface area contributed by atoms with Crippen molar-refractivity contribution in [2.45, 2.75) is 26.0 Å². The van der Waals surface area contributed by atoms with Crippen molar-refractivity contribution in [2.24, 2.45) is 4.99 Å². The summed E-state index contributed by atoms with van der Waals surface area (Å²) >= 11 is 0. The van der Waals surface area contributed by atoms with Gasteiger partial charge in [0.2, 0.25) is 0 Å². The van der Waals surface area contributed by atoms with Crippen LogP contribution in [0.15, 0.2) is 23.2 Å². The molecule has 1 aliphatic heterocycles. The van der Waals surface area contributed by atoms with Gasteiger partial charge in [0.05, 0.1) is 26.9 Å². The molecule has 0 saturated carbocycles. The molecule has 1 atom stereocenters. The van der Waals surface area contributed by atoms with Gasteiger partial charge in [-0.15, -0.1) is 0 Å². The topological polar surface area (TPSA) is 83.4 Å². The van der Waals surface area contributed by atoms with Crippen molar-refractivity contribution < 1.29 is 19.4 Å². The van der Waals surface area contributed by atoms with Crippen molar-refractivity contribution in [3.05, 3.63) is 29.3 Å². The number of nitrogens with one attached hydrogen (secondary N) is 1. The van der Waals surface area contributed by atoms with Crippen LogP contribution in [0.4, 0.5) is 0 Å². The lowest BCUT2D eigenvalue weighted by Crippen LogP contribution is -2.40. The second-order valence-corrected chi connectivity index (χ2v) is 5.58. The van der Waals surface area contributed by atoms with Crippen molar-refractivity contribution in [3.8, 4) is 5.75 Å². The third kappa shape index (κ3) is 4.38. The molecule has 0 bridgehead atoms. The quantitative estimate of drug-likeness (QED) is 0.475. The van der Waals surface area contributed by atoms with E-state index >= 15 is 0 Å². The van der Waals surface area contributed by atoms with Gasteiger partial charge >= 0.3 is 5.97 Å². The number of guanidine groups is 1. The number of methoxy groups -OCH3 is 2. The van der Waals surface area contributed by atoms with Crippen LogP contribution in [0.3, 0.4) is 0 Å². The van der Waals surface area contributed by atoms with Crippen molar-refractivity contribution in [3.63, 3.8) is 0 Å². The molecule has 1 heterocycles. The molecule has 2 rings (SSSR count). The van der Waals surface area contributed by atoms with Crippen molar-refractivity contribution in [1.82, 2.24) is 10.2 Å². The largest absolute Gasteiger partial charge is 0.496 e. The Balaban J connectivity index is 2.17. The summed E-state index contributed by atoms with van der Waals surface area (Å²) in [6, 6.07) is 5.34. The Bertz CT molecular complexity index is 603. The fourth-order valence-corrected chi connectivity index (χ4v) is 2.65. The van der Waals surface area contributed by atoms with Gasteiger partial charge in [0.15, 0.2) is 5.96 Å². The number of aliphatic hydroxyl groups is 1. The number of ether oxygens (including phenoxy) is 2. The average Bonchev–Trinajstić information content (AvgIpc) is 3.03. The molecule has 24 heavy (non-hydrogen) atoms. The van der Waals surface area contributed by atoms with Crippen LogP contribution in [0.1, 0.15) is 29.3 Å². The van der Waals surface area contributed by atoms with E-state index in [9.17, 15) is 9.90 Å². The first-order chi connectivity index (χ1) is 11.6. The lowest BCUT2D eigenvalue weighted by Gasteiger charge is -2.21. The number of aliphatic hydroxyl groups excluding tert-OH is 1. The summed E-state index contributed by atoms with van der Waals surface area (Å²) in [4.78, 5) is 18.5. The molecule has 1 saturated heterocycles. The number of esters is 1. The van der Waals surface area contributed by atoms with Crippen LogP contribution in [0.2, 0.25) is 0 Å². The van der Waals surface area contributed by atoms with Gasteiger partial charge in [-0.1, -0.05) is 6.07 Å². The Labute approximate surface area is 142 Å². The Hall–Kier alpha value is -2.28. The number of benzene rings is 1. The maximum Gasteiger partial charge on any atom is 0.341 e. The number of likely N-dealkylation sites (tertiary alicyclic amines) is 1. The van der Waals surface area contributed by atoms with Crippen LogP contribution in [0.5, 0.6) is 5.75 Å². The highest BCUT2D eigenvalue weighted by Crippen LogP contribution is 2.21. The predicted octanol–water partition coefficient (Wildman–Crippen LogP) is 1.01. The molecular formula is C17H25N3O4. The first-order valence-corrected chi connectivity index (χ1v) is 8.05. The Morgan fingerprint density at radius 3 is 2.83 bits per heavy atom. The van der Waals surface area contributed by atoms with Gasteiger partial charge in [-0.25, -0.2) is 9.79 Å².